The lowest BCUT2D eigenvalue weighted by atomic mass is 10.2. The summed E-state index contributed by atoms with van der Waals surface area (Å²) < 4.78 is 27.0. The molecule has 0 unspecified atom stereocenters. The Kier molecular flexibility index (Phi) is 7.07. The van der Waals surface area contributed by atoms with Gasteiger partial charge >= 0.3 is 0 Å². The summed E-state index contributed by atoms with van der Waals surface area (Å²) >= 11 is 0. The van der Waals surface area contributed by atoms with Gasteiger partial charge in [0.25, 0.3) is 5.69 Å². The first-order valence-corrected chi connectivity index (χ1v) is 10.00. The van der Waals surface area contributed by atoms with Gasteiger partial charge < -0.3 is 10.6 Å². The molecule has 0 atom stereocenters. The normalized spacial score (nSPS) is 11.1. The summed E-state index contributed by atoms with van der Waals surface area (Å²) in [5.41, 5.74) is 1.68. The van der Waals surface area contributed by atoms with Crippen LogP contribution in [-0.2, 0) is 14.8 Å². The average Bonchev–Trinajstić information content (AvgIpc) is 2.65. The molecule has 0 aliphatic rings. The number of nitro groups is 1. The maximum absolute atomic E-state index is 12.4. The van der Waals surface area contributed by atoms with E-state index in [9.17, 15) is 23.3 Å². The molecule has 0 bridgehead atoms. The van der Waals surface area contributed by atoms with E-state index in [-0.39, 0.29) is 23.7 Å². The molecule has 2 aromatic rings. The topological polar surface area (TPSA) is 130 Å². The van der Waals surface area contributed by atoms with Crippen molar-refractivity contribution in [1.82, 2.24) is 10.0 Å². The number of nitro benzene ring substituents is 1. The van der Waals surface area contributed by atoms with E-state index in [1.54, 1.807) is 44.2 Å². The average molecular weight is 406 g/mol. The highest BCUT2D eigenvalue weighted by atomic mass is 32.2. The fraction of sp³-hybridized carbons (Fsp3) is 0.278. The molecule has 3 N–H and O–H groups in total. The number of rotatable bonds is 9. The van der Waals surface area contributed by atoms with Gasteiger partial charge in [-0.3, -0.25) is 14.9 Å². The molecule has 0 spiro atoms. The number of amides is 1. The fourth-order valence-corrected chi connectivity index (χ4v) is 3.79. The predicted octanol–water partition coefficient (Wildman–Crippen LogP) is 1.72. The number of para-hydroxylation sites is 2. The van der Waals surface area contributed by atoms with Gasteiger partial charge in [0.05, 0.1) is 16.4 Å². The van der Waals surface area contributed by atoms with Crippen molar-refractivity contribution < 1.29 is 18.1 Å². The van der Waals surface area contributed by atoms with Crippen LogP contribution in [0.2, 0.25) is 0 Å². The van der Waals surface area contributed by atoms with Gasteiger partial charge in [-0.1, -0.05) is 24.3 Å². The number of carbonyl (C=O) groups excluding carboxylic acids is 1. The van der Waals surface area contributed by atoms with Gasteiger partial charge in [-0.15, -0.1) is 0 Å². The molecular formula is C18H22N4O5S. The molecule has 0 aromatic heterocycles. The molecule has 0 fully saturated rings. The van der Waals surface area contributed by atoms with Gasteiger partial charge in [0.15, 0.2) is 0 Å². The number of anilines is 1. The lowest BCUT2D eigenvalue weighted by Gasteiger charge is -2.11. The second kappa shape index (κ2) is 9.29. The summed E-state index contributed by atoms with van der Waals surface area (Å²) in [5.74, 6) is -0.502. The van der Waals surface area contributed by atoms with Crippen LogP contribution < -0.4 is 15.4 Å². The minimum Gasteiger partial charge on any atom is -0.378 e. The van der Waals surface area contributed by atoms with Crippen LogP contribution >= 0.6 is 0 Å². The Morgan fingerprint density at radius 3 is 2.54 bits per heavy atom. The number of nitrogens with zero attached hydrogens (tertiary/aromatic N) is 1. The summed E-state index contributed by atoms with van der Waals surface area (Å²) in [6.45, 7) is 3.50. The summed E-state index contributed by atoms with van der Waals surface area (Å²) in [7, 11) is -3.80. The second-order valence-electron chi connectivity index (χ2n) is 6.14. The van der Waals surface area contributed by atoms with Gasteiger partial charge in [0, 0.05) is 19.2 Å². The first kappa shape index (κ1) is 21.3. The van der Waals surface area contributed by atoms with E-state index in [1.807, 2.05) is 6.07 Å². The van der Waals surface area contributed by atoms with Crippen LogP contribution in [0.15, 0.2) is 47.4 Å². The Balaban J connectivity index is 1.82. The molecule has 0 radical (unpaired) electrons. The SMILES string of the molecule is Cc1ccc(C)c(S(=O)(=O)NCC(=O)NCCNc2ccccc2[N+](=O)[O-])c1. The Morgan fingerprint density at radius 1 is 1.11 bits per heavy atom. The van der Waals surface area contributed by atoms with E-state index < -0.39 is 27.4 Å². The number of carbonyl (C=O) groups is 1. The van der Waals surface area contributed by atoms with Gasteiger partial charge in [-0.25, -0.2) is 13.1 Å². The molecule has 2 aromatic carbocycles. The summed E-state index contributed by atoms with van der Waals surface area (Å²) in [5, 5.41) is 16.4. The zero-order valence-corrected chi connectivity index (χ0v) is 16.4. The molecule has 2 rings (SSSR count). The number of hydrogen-bond donors (Lipinski definition) is 3. The first-order chi connectivity index (χ1) is 13.2. The van der Waals surface area contributed by atoms with Crippen molar-refractivity contribution in [1.29, 1.82) is 0 Å². The summed E-state index contributed by atoms with van der Waals surface area (Å²) in [4.78, 5) is 22.5. The lowest BCUT2D eigenvalue weighted by Crippen LogP contribution is -2.38. The van der Waals surface area contributed by atoms with Crippen molar-refractivity contribution in [3.8, 4) is 0 Å². The quantitative estimate of drug-likeness (QED) is 0.330. The maximum Gasteiger partial charge on any atom is 0.292 e. The Bertz CT molecular complexity index is 976. The zero-order chi connectivity index (χ0) is 20.7. The highest BCUT2D eigenvalue weighted by Gasteiger charge is 2.18. The number of aryl methyl sites for hydroxylation is 2. The molecule has 0 aliphatic carbocycles. The van der Waals surface area contributed by atoms with Crippen molar-refractivity contribution in [2.24, 2.45) is 0 Å². The molecule has 10 heteroatoms. The van der Waals surface area contributed by atoms with E-state index in [0.717, 1.165) is 5.56 Å². The van der Waals surface area contributed by atoms with E-state index in [1.165, 1.54) is 6.07 Å². The number of sulfonamides is 1. The van der Waals surface area contributed by atoms with Crippen LogP contribution in [0.25, 0.3) is 0 Å². The molecule has 0 aliphatic heterocycles. The Labute approximate surface area is 163 Å². The molecule has 150 valence electrons. The minimum absolute atomic E-state index is 0.0601. The maximum atomic E-state index is 12.4. The third-order valence-electron chi connectivity index (χ3n) is 3.92. The van der Waals surface area contributed by atoms with Gasteiger partial charge in [0.1, 0.15) is 5.69 Å². The smallest absolute Gasteiger partial charge is 0.292 e. The fourth-order valence-electron chi connectivity index (χ4n) is 2.48. The molecule has 0 heterocycles. The largest absolute Gasteiger partial charge is 0.378 e. The van der Waals surface area contributed by atoms with E-state index in [4.69, 9.17) is 0 Å². The third kappa shape index (κ3) is 5.76. The molecule has 0 saturated heterocycles. The second-order valence-corrected chi connectivity index (χ2v) is 7.88. The zero-order valence-electron chi connectivity index (χ0n) is 15.6. The van der Waals surface area contributed by atoms with Crippen LogP contribution in [0.3, 0.4) is 0 Å². The molecule has 1 amide bonds. The van der Waals surface area contributed by atoms with Crippen LogP contribution in [0, 0.1) is 24.0 Å². The lowest BCUT2D eigenvalue weighted by molar-refractivity contribution is -0.384. The molecular weight excluding hydrogens is 384 g/mol. The monoisotopic (exact) mass is 406 g/mol. The van der Waals surface area contributed by atoms with Gasteiger partial charge in [0.2, 0.25) is 15.9 Å². The van der Waals surface area contributed by atoms with Crippen LogP contribution in [-0.4, -0.2) is 38.9 Å². The Morgan fingerprint density at radius 2 is 1.82 bits per heavy atom. The standard InChI is InChI=1S/C18H22N4O5S/c1-13-7-8-14(2)17(11-13)28(26,27)21-12-18(23)20-10-9-19-15-5-3-4-6-16(15)22(24)25/h3-8,11,19,21H,9-10,12H2,1-2H3,(H,20,23). The third-order valence-corrected chi connectivity index (χ3v) is 5.46. The molecule has 0 saturated carbocycles. The van der Waals surface area contributed by atoms with E-state index >= 15 is 0 Å². The highest BCUT2D eigenvalue weighted by molar-refractivity contribution is 7.89. The highest BCUT2D eigenvalue weighted by Crippen LogP contribution is 2.22. The van der Waals surface area contributed by atoms with E-state index in [0.29, 0.717) is 11.3 Å². The number of nitrogens with one attached hydrogen (secondary N) is 3. The van der Waals surface area contributed by atoms with Crippen LogP contribution in [0.4, 0.5) is 11.4 Å². The number of benzene rings is 2. The predicted molar refractivity (Wildman–Crippen MR) is 106 cm³/mol. The minimum atomic E-state index is -3.80. The first-order valence-electron chi connectivity index (χ1n) is 8.51. The van der Waals surface area contributed by atoms with Gasteiger partial charge in [-0.05, 0) is 37.1 Å². The Hall–Kier alpha value is -2.98. The van der Waals surface area contributed by atoms with Crippen molar-refractivity contribution in [2.45, 2.75) is 18.7 Å². The van der Waals surface area contributed by atoms with Crippen molar-refractivity contribution in [3.05, 3.63) is 63.7 Å². The molecule has 28 heavy (non-hydrogen) atoms. The molecule has 9 nitrogen and oxygen atoms in total. The van der Waals surface area contributed by atoms with Crippen LogP contribution in [0.5, 0.6) is 0 Å². The van der Waals surface area contributed by atoms with Crippen molar-refractivity contribution in [3.63, 3.8) is 0 Å². The van der Waals surface area contributed by atoms with E-state index in [2.05, 4.69) is 15.4 Å². The summed E-state index contributed by atoms with van der Waals surface area (Å²) in [6, 6.07) is 11.2. The van der Waals surface area contributed by atoms with Crippen molar-refractivity contribution in [2.75, 3.05) is 25.0 Å². The van der Waals surface area contributed by atoms with Crippen LogP contribution in [0.1, 0.15) is 11.1 Å². The van der Waals surface area contributed by atoms with Gasteiger partial charge in [-0.2, -0.15) is 0 Å². The van der Waals surface area contributed by atoms with Crippen molar-refractivity contribution >= 4 is 27.3 Å². The number of hydrogen-bond acceptors (Lipinski definition) is 6. The summed E-state index contributed by atoms with van der Waals surface area (Å²) in [6.07, 6.45) is 0.